The number of hydrazone groups is 1. The van der Waals surface area contributed by atoms with Gasteiger partial charge in [0.15, 0.2) is 0 Å². The second kappa shape index (κ2) is 9.39. The summed E-state index contributed by atoms with van der Waals surface area (Å²) in [6, 6.07) is 20.4. The molecule has 5 nitrogen and oxygen atoms in total. The molecule has 1 heterocycles. The van der Waals surface area contributed by atoms with Gasteiger partial charge in [-0.1, -0.05) is 36.4 Å². The number of nitrogens with one attached hydrogen (secondary N) is 1. The van der Waals surface area contributed by atoms with Crippen molar-refractivity contribution in [2.24, 2.45) is 5.10 Å². The van der Waals surface area contributed by atoms with E-state index in [2.05, 4.69) is 10.5 Å². The van der Waals surface area contributed by atoms with E-state index in [0.29, 0.717) is 24.5 Å². The van der Waals surface area contributed by atoms with Crippen LogP contribution in [-0.2, 0) is 0 Å². The number of hydrogen-bond acceptors (Lipinski definition) is 5. The number of amides is 1. The number of carbonyl (C=O) groups excluding carboxylic acids is 1. The average molecular weight is 366 g/mol. The van der Waals surface area contributed by atoms with E-state index in [1.165, 1.54) is 0 Å². The van der Waals surface area contributed by atoms with Gasteiger partial charge in [0, 0.05) is 4.88 Å². The molecule has 3 rings (SSSR count). The van der Waals surface area contributed by atoms with Crippen LogP contribution in [0.15, 0.2) is 77.2 Å². The molecule has 0 radical (unpaired) electrons. The number of thiophene rings is 1. The predicted octanol–water partition coefficient (Wildman–Crippen LogP) is 3.97. The minimum atomic E-state index is -0.322. The molecule has 1 amide bonds. The van der Waals surface area contributed by atoms with E-state index in [0.717, 1.165) is 10.6 Å². The van der Waals surface area contributed by atoms with E-state index in [1.807, 2.05) is 53.9 Å². The Morgan fingerprint density at radius 2 is 1.73 bits per heavy atom. The zero-order chi connectivity index (χ0) is 18.0. The van der Waals surface area contributed by atoms with Gasteiger partial charge >= 0.3 is 0 Å². The minimum Gasteiger partial charge on any atom is -0.490 e. The van der Waals surface area contributed by atoms with Crippen molar-refractivity contribution in [2.75, 3.05) is 13.2 Å². The predicted molar refractivity (Wildman–Crippen MR) is 103 cm³/mol. The summed E-state index contributed by atoms with van der Waals surface area (Å²) < 4.78 is 11.3. The lowest BCUT2D eigenvalue weighted by Gasteiger charge is -2.11. The van der Waals surface area contributed by atoms with Gasteiger partial charge in [-0.05, 0) is 35.7 Å². The van der Waals surface area contributed by atoms with Gasteiger partial charge < -0.3 is 9.47 Å². The first-order valence-corrected chi connectivity index (χ1v) is 8.97. The van der Waals surface area contributed by atoms with Gasteiger partial charge in [0.05, 0.1) is 11.8 Å². The highest BCUT2D eigenvalue weighted by molar-refractivity contribution is 7.11. The number of para-hydroxylation sites is 2. The van der Waals surface area contributed by atoms with Crippen LogP contribution in [0.25, 0.3) is 0 Å². The highest BCUT2D eigenvalue weighted by atomic mass is 32.1. The molecule has 0 atom stereocenters. The first-order chi connectivity index (χ1) is 12.8. The third-order valence-corrected chi connectivity index (χ3v) is 4.19. The van der Waals surface area contributed by atoms with Gasteiger partial charge in [-0.15, -0.1) is 11.3 Å². The Bertz CT molecular complexity index is 849. The highest BCUT2D eigenvalue weighted by Crippen LogP contribution is 2.18. The lowest BCUT2D eigenvalue weighted by atomic mass is 10.2. The van der Waals surface area contributed by atoms with E-state index in [9.17, 15) is 4.79 Å². The van der Waals surface area contributed by atoms with E-state index in [-0.39, 0.29) is 5.91 Å². The summed E-state index contributed by atoms with van der Waals surface area (Å²) in [4.78, 5) is 13.3. The fourth-order valence-corrected chi connectivity index (χ4v) is 2.77. The maximum Gasteiger partial charge on any atom is 0.275 e. The topological polar surface area (TPSA) is 59.9 Å². The largest absolute Gasteiger partial charge is 0.490 e. The SMILES string of the molecule is O=C(N/N=C\c1cccs1)c1ccccc1OCCOc1ccccc1. The number of hydrogen-bond donors (Lipinski definition) is 1. The second-order valence-electron chi connectivity index (χ2n) is 5.22. The summed E-state index contributed by atoms with van der Waals surface area (Å²) in [7, 11) is 0. The standard InChI is InChI=1S/C20H18N2O3S/c23-20(22-21-15-17-9-6-14-26-17)18-10-4-5-11-19(18)25-13-12-24-16-7-2-1-3-8-16/h1-11,14-15H,12-13H2,(H,22,23)/b21-15-. The van der Waals surface area contributed by atoms with Crippen LogP contribution in [0.1, 0.15) is 15.2 Å². The Morgan fingerprint density at radius 1 is 0.962 bits per heavy atom. The molecule has 2 aromatic carbocycles. The molecule has 0 aliphatic carbocycles. The van der Waals surface area contributed by atoms with Gasteiger partial charge in [-0.2, -0.15) is 5.10 Å². The fourth-order valence-electron chi connectivity index (χ4n) is 2.19. The lowest BCUT2D eigenvalue weighted by Crippen LogP contribution is -2.19. The number of ether oxygens (including phenoxy) is 2. The van der Waals surface area contributed by atoms with Crippen LogP contribution in [0.5, 0.6) is 11.5 Å². The van der Waals surface area contributed by atoms with Crippen molar-refractivity contribution in [3.8, 4) is 11.5 Å². The molecule has 0 aliphatic heterocycles. The Balaban J connectivity index is 1.52. The van der Waals surface area contributed by atoms with E-state index in [1.54, 1.807) is 35.8 Å². The third kappa shape index (κ3) is 5.19. The molecule has 6 heteroatoms. The van der Waals surface area contributed by atoms with Crippen LogP contribution in [0, 0.1) is 0 Å². The van der Waals surface area contributed by atoms with Crippen molar-refractivity contribution >= 4 is 23.5 Å². The van der Waals surface area contributed by atoms with Crippen molar-refractivity contribution in [1.29, 1.82) is 0 Å². The van der Waals surface area contributed by atoms with Gasteiger partial charge in [0.1, 0.15) is 24.7 Å². The zero-order valence-corrected chi connectivity index (χ0v) is 14.8. The molecular weight excluding hydrogens is 348 g/mol. The van der Waals surface area contributed by atoms with Crippen molar-refractivity contribution < 1.29 is 14.3 Å². The maximum absolute atomic E-state index is 12.3. The lowest BCUT2D eigenvalue weighted by molar-refractivity contribution is 0.0950. The number of rotatable bonds is 8. The molecule has 0 saturated carbocycles. The van der Waals surface area contributed by atoms with E-state index in [4.69, 9.17) is 9.47 Å². The smallest absolute Gasteiger partial charge is 0.275 e. The molecular formula is C20H18N2O3S. The van der Waals surface area contributed by atoms with Gasteiger partial charge in [0.2, 0.25) is 0 Å². The Kier molecular flexibility index (Phi) is 6.39. The van der Waals surface area contributed by atoms with Crippen LogP contribution < -0.4 is 14.9 Å². The monoisotopic (exact) mass is 366 g/mol. The normalized spacial score (nSPS) is 10.6. The third-order valence-electron chi connectivity index (χ3n) is 3.39. The van der Waals surface area contributed by atoms with Crippen LogP contribution in [0.3, 0.4) is 0 Å². The van der Waals surface area contributed by atoms with Crippen molar-refractivity contribution in [2.45, 2.75) is 0 Å². The summed E-state index contributed by atoms with van der Waals surface area (Å²) >= 11 is 1.55. The highest BCUT2D eigenvalue weighted by Gasteiger charge is 2.11. The number of carbonyl (C=O) groups is 1. The van der Waals surface area contributed by atoms with Crippen LogP contribution >= 0.6 is 11.3 Å². The summed E-state index contributed by atoms with van der Waals surface area (Å²) in [5.41, 5.74) is 2.95. The van der Waals surface area contributed by atoms with Gasteiger partial charge in [-0.25, -0.2) is 5.43 Å². The quantitative estimate of drug-likeness (QED) is 0.373. The molecule has 0 fully saturated rings. The molecule has 1 N–H and O–H groups in total. The Morgan fingerprint density at radius 3 is 2.54 bits per heavy atom. The maximum atomic E-state index is 12.3. The molecule has 26 heavy (non-hydrogen) atoms. The number of benzene rings is 2. The fraction of sp³-hybridized carbons (Fsp3) is 0.100. The Labute approximate surface area is 155 Å². The average Bonchev–Trinajstić information content (AvgIpc) is 3.20. The van der Waals surface area contributed by atoms with Crippen LogP contribution in [0.2, 0.25) is 0 Å². The second-order valence-corrected chi connectivity index (χ2v) is 6.20. The Hall–Kier alpha value is -3.12. The summed E-state index contributed by atoms with van der Waals surface area (Å²) in [6.45, 7) is 0.716. The molecule has 3 aromatic rings. The molecule has 0 saturated heterocycles. The first kappa shape index (κ1) is 17.7. The molecule has 0 spiro atoms. The van der Waals surface area contributed by atoms with Crippen molar-refractivity contribution in [1.82, 2.24) is 5.43 Å². The van der Waals surface area contributed by atoms with Crippen LogP contribution in [0.4, 0.5) is 0 Å². The van der Waals surface area contributed by atoms with Crippen molar-refractivity contribution in [3.63, 3.8) is 0 Å². The molecule has 1 aromatic heterocycles. The number of nitrogens with zero attached hydrogens (tertiary/aromatic N) is 1. The van der Waals surface area contributed by atoms with Gasteiger partial charge in [0.25, 0.3) is 5.91 Å². The molecule has 0 bridgehead atoms. The minimum absolute atomic E-state index is 0.322. The first-order valence-electron chi connectivity index (χ1n) is 8.09. The molecule has 0 aliphatic rings. The summed E-state index contributed by atoms with van der Waals surface area (Å²) in [6.07, 6.45) is 1.61. The summed E-state index contributed by atoms with van der Waals surface area (Å²) in [5.74, 6) is 0.954. The zero-order valence-electron chi connectivity index (χ0n) is 14.0. The molecule has 132 valence electrons. The summed E-state index contributed by atoms with van der Waals surface area (Å²) in [5, 5.41) is 5.92. The van der Waals surface area contributed by atoms with Crippen LogP contribution in [-0.4, -0.2) is 25.3 Å². The molecule has 0 unspecified atom stereocenters. The van der Waals surface area contributed by atoms with Crippen molar-refractivity contribution in [3.05, 3.63) is 82.6 Å². The van der Waals surface area contributed by atoms with E-state index < -0.39 is 0 Å². The van der Waals surface area contributed by atoms with E-state index >= 15 is 0 Å². The van der Waals surface area contributed by atoms with Gasteiger partial charge in [-0.3, -0.25) is 4.79 Å².